The number of carbonyl (C=O) groups is 3. The van der Waals surface area contributed by atoms with Crippen molar-refractivity contribution < 1.29 is 19.1 Å². The van der Waals surface area contributed by atoms with Gasteiger partial charge >= 0.3 is 5.97 Å². The maximum absolute atomic E-state index is 12.5. The molecule has 0 aliphatic heterocycles. The molecule has 3 aromatic rings. The van der Waals surface area contributed by atoms with Crippen LogP contribution in [0.2, 0.25) is 5.02 Å². The Bertz CT molecular complexity index is 1180. The molecule has 0 spiro atoms. The molecule has 0 aliphatic rings. The van der Waals surface area contributed by atoms with Crippen molar-refractivity contribution in [1.82, 2.24) is 20.1 Å². The first-order valence-corrected chi connectivity index (χ1v) is 11.8. The van der Waals surface area contributed by atoms with E-state index in [1.807, 2.05) is 0 Å². The molecule has 0 saturated carbocycles. The summed E-state index contributed by atoms with van der Waals surface area (Å²) < 4.78 is 6.67. The van der Waals surface area contributed by atoms with E-state index in [2.05, 4.69) is 20.8 Å². The van der Waals surface area contributed by atoms with Crippen molar-refractivity contribution in [3.8, 4) is 0 Å². The number of thioether (sulfide) groups is 1. The molecule has 0 radical (unpaired) electrons. The topological polar surface area (TPSA) is 115 Å². The maximum Gasteiger partial charge on any atom is 0.338 e. The summed E-state index contributed by atoms with van der Waals surface area (Å²) in [6, 6.07) is 12.7. The lowest BCUT2D eigenvalue weighted by Gasteiger charge is -2.13. The van der Waals surface area contributed by atoms with Crippen molar-refractivity contribution in [2.45, 2.75) is 25.0 Å². The summed E-state index contributed by atoms with van der Waals surface area (Å²) in [7, 11) is 1.77. The highest BCUT2D eigenvalue weighted by Gasteiger charge is 2.19. The average Bonchev–Trinajstić information content (AvgIpc) is 3.18. The van der Waals surface area contributed by atoms with Crippen LogP contribution in [0, 0.1) is 0 Å². The molecule has 1 aromatic heterocycles. The summed E-state index contributed by atoms with van der Waals surface area (Å²) in [4.78, 5) is 36.5. The van der Waals surface area contributed by atoms with E-state index in [-0.39, 0.29) is 17.6 Å². The second kappa shape index (κ2) is 11.7. The maximum atomic E-state index is 12.5. The van der Waals surface area contributed by atoms with Crippen LogP contribution in [-0.2, 0) is 16.6 Å². The summed E-state index contributed by atoms with van der Waals surface area (Å²) in [6.07, 6.45) is 0. The lowest BCUT2D eigenvalue weighted by atomic mass is 10.2. The van der Waals surface area contributed by atoms with Gasteiger partial charge in [0.25, 0.3) is 5.91 Å². The van der Waals surface area contributed by atoms with Crippen molar-refractivity contribution in [3.63, 3.8) is 0 Å². The largest absolute Gasteiger partial charge is 0.462 e. The number of benzene rings is 2. The van der Waals surface area contributed by atoms with Gasteiger partial charge in [-0.2, -0.15) is 0 Å². The summed E-state index contributed by atoms with van der Waals surface area (Å²) in [6.45, 7) is 3.83. The number of aromatic nitrogens is 3. The monoisotopic (exact) mass is 501 g/mol. The molecule has 0 bridgehead atoms. The van der Waals surface area contributed by atoms with E-state index in [4.69, 9.17) is 16.3 Å². The fourth-order valence-corrected chi connectivity index (χ4v) is 3.94. The standard InChI is InChI=1S/C23H24ClN5O4S/c1-4-33-22(32)15-8-10-18(11-9-15)26-19(30)13-34-23-28-27-20(29(23)3)14(2)25-21(31)16-6-5-7-17(24)12-16/h5-12,14H,4,13H2,1-3H3,(H,25,31)(H,26,30)/t14-/m1/s1. The highest BCUT2D eigenvalue weighted by Crippen LogP contribution is 2.20. The van der Waals surface area contributed by atoms with Crippen molar-refractivity contribution in [1.29, 1.82) is 0 Å². The average molecular weight is 502 g/mol. The summed E-state index contributed by atoms with van der Waals surface area (Å²) in [5.41, 5.74) is 1.43. The van der Waals surface area contributed by atoms with E-state index in [1.165, 1.54) is 11.8 Å². The molecule has 0 fully saturated rings. The molecule has 2 N–H and O–H groups in total. The van der Waals surface area contributed by atoms with Gasteiger partial charge in [-0.1, -0.05) is 29.4 Å². The first-order valence-electron chi connectivity index (χ1n) is 10.4. The molecule has 178 valence electrons. The molecule has 0 unspecified atom stereocenters. The summed E-state index contributed by atoms with van der Waals surface area (Å²) >= 11 is 7.17. The zero-order valence-corrected chi connectivity index (χ0v) is 20.4. The number of amides is 2. The van der Waals surface area contributed by atoms with Crippen molar-refractivity contribution in [3.05, 3.63) is 70.5 Å². The summed E-state index contributed by atoms with van der Waals surface area (Å²) in [5, 5.41) is 14.9. The molecule has 9 nitrogen and oxygen atoms in total. The molecule has 1 atom stereocenters. The Kier molecular flexibility index (Phi) is 8.67. The van der Waals surface area contributed by atoms with E-state index in [0.29, 0.717) is 39.4 Å². The van der Waals surface area contributed by atoms with Gasteiger partial charge in [0, 0.05) is 23.3 Å². The first-order chi connectivity index (χ1) is 16.3. The Balaban J connectivity index is 1.54. The van der Waals surface area contributed by atoms with Gasteiger partial charge in [0.15, 0.2) is 11.0 Å². The molecular formula is C23H24ClN5O4S. The normalized spacial score (nSPS) is 11.5. The minimum absolute atomic E-state index is 0.106. The van der Waals surface area contributed by atoms with Crippen LogP contribution >= 0.6 is 23.4 Å². The van der Waals surface area contributed by atoms with Gasteiger partial charge in [0.2, 0.25) is 5.91 Å². The predicted octanol–water partition coefficient (Wildman–Crippen LogP) is 3.87. The number of halogens is 1. The molecule has 11 heteroatoms. The first kappa shape index (κ1) is 25.3. The Labute approximate surface area is 206 Å². The lowest BCUT2D eigenvalue weighted by Crippen LogP contribution is -2.28. The van der Waals surface area contributed by atoms with Crippen LogP contribution in [0.5, 0.6) is 0 Å². The van der Waals surface area contributed by atoms with Gasteiger partial charge in [-0.15, -0.1) is 10.2 Å². The smallest absolute Gasteiger partial charge is 0.338 e. The molecule has 2 amide bonds. The van der Waals surface area contributed by atoms with Crippen LogP contribution in [0.1, 0.15) is 46.4 Å². The number of hydrogen-bond acceptors (Lipinski definition) is 7. The SMILES string of the molecule is CCOC(=O)c1ccc(NC(=O)CSc2nnc([C@@H](C)NC(=O)c3cccc(Cl)c3)n2C)cc1. The minimum atomic E-state index is -0.412. The van der Waals surface area contributed by atoms with Gasteiger partial charge < -0.3 is 19.9 Å². The van der Waals surface area contributed by atoms with Gasteiger partial charge in [-0.05, 0) is 56.3 Å². The van der Waals surface area contributed by atoms with Crippen LogP contribution in [0.4, 0.5) is 5.69 Å². The Hall–Kier alpha value is -3.37. The van der Waals surface area contributed by atoms with E-state index in [9.17, 15) is 14.4 Å². The number of carbonyl (C=O) groups excluding carboxylic acids is 3. The third-order valence-electron chi connectivity index (χ3n) is 4.70. The number of ether oxygens (including phenoxy) is 1. The van der Waals surface area contributed by atoms with E-state index in [1.54, 1.807) is 74.0 Å². The Morgan fingerprint density at radius 1 is 1.12 bits per heavy atom. The van der Waals surface area contributed by atoms with Gasteiger partial charge in [-0.3, -0.25) is 9.59 Å². The second-order valence-electron chi connectivity index (χ2n) is 7.24. The van der Waals surface area contributed by atoms with Crippen LogP contribution < -0.4 is 10.6 Å². The lowest BCUT2D eigenvalue weighted by molar-refractivity contribution is -0.113. The molecule has 3 rings (SSSR count). The molecule has 0 saturated heterocycles. The molecular weight excluding hydrogens is 478 g/mol. The quantitative estimate of drug-likeness (QED) is 0.338. The fourth-order valence-electron chi connectivity index (χ4n) is 3.03. The van der Waals surface area contributed by atoms with Crippen molar-refractivity contribution in [2.24, 2.45) is 7.05 Å². The van der Waals surface area contributed by atoms with E-state index >= 15 is 0 Å². The van der Waals surface area contributed by atoms with Gasteiger partial charge in [-0.25, -0.2) is 4.79 Å². The van der Waals surface area contributed by atoms with Crippen molar-refractivity contribution >= 4 is 46.8 Å². The predicted molar refractivity (Wildman–Crippen MR) is 130 cm³/mol. The fraction of sp³-hybridized carbons (Fsp3) is 0.261. The number of esters is 1. The van der Waals surface area contributed by atoms with Crippen LogP contribution in [0.25, 0.3) is 0 Å². The van der Waals surface area contributed by atoms with Gasteiger partial charge in [0.1, 0.15) is 0 Å². The number of rotatable bonds is 9. The van der Waals surface area contributed by atoms with Crippen LogP contribution in [0.15, 0.2) is 53.7 Å². The minimum Gasteiger partial charge on any atom is -0.462 e. The Morgan fingerprint density at radius 3 is 2.53 bits per heavy atom. The van der Waals surface area contributed by atoms with Crippen molar-refractivity contribution in [2.75, 3.05) is 17.7 Å². The Morgan fingerprint density at radius 2 is 1.85 bits per heavy atom. The third-order valence-corrected chi connectivity index (χ3v) is 5.96. The number of nitrogens with one attached hydrogen (secondary N) is 2. The number of nitrogens with zero attached hydrogens (tertiary/aromatic N) is 3. The highest BCUT2D eigenvalue weighted by molar-refractivity contribution is 7.99. The molecule has 1 heterocycles. The molecule has 0 aliphatic carbocycles. The third kappa shape index (κ3) is 6.58. The zero-order chi connectivity index (χ0) is 24.7. The summed E-state index contributed by atoms with van der Waals surface area (Å²) in [5.74, 6) is -0.268. The van der Waals surface area contributed by atoms with Gasteiger partial charge in [0.05, 0.1) is 24.0 Å². The highest BCUT2D eigenvalue weighted by atomic mass is 35.5. The number of hydrogen-bond donors (Lipinski definition) is 2. The zero-order valence-electron chi connectivity index (χ0n) is 18.9. The van der Waals surface area contributed by atoms with E-state index in [0.717, 1.165) is 0 Å². The van der Waals surface area contributed by atoms with E-state index < -0.39 is 12.0 Å². The number of anilines is 1. The molecule has 2 aromatic carbocycles. The van der Waals surface area contributed by atoms with Crippen LogP contribution in [-0.4, -0.2) is 44.9 Å². The molecule has 34 heavy (non-hydrogen) atoms. The second-order valence-corrected chi connectivity index (χ2v) is 8.62. The van der Waals surface area contributed by atoms with Crippen LogP contribution in [0.3, 0.4) is 0 Å².